The first kappa shape index (κ1) is 14.3. The topological polar surface area (TPSA) is 83.6 Å². The van der Waals surface area contributed by atoms with Crippen LogP contribution in [0.4, 0.5) is 5.82 Å². The van der Waals surface area contributed by atoms with Crippen LogP contribution in [-0.2, 0) is 0 Å². The molecule has 1 fully saturated rings. The Labute approximate surface area is 128 Å². The van der Waals surface area contributed by atoms with Crippen LogP contribution >= 0.6 is 0 Å². The molecular formula is C16H17N5O. The first-order valence-corrected chi connectivity index (χ1v) is 7.32. The average molecular weight is 295 g/mol. The zero-order chi connectivity index (χ0) is 15.7. The fourth-order valence-corrected chi connectivity index (χ4v) is 2.48. The van der Waals surface area contributed by atoms with Crippen LogP contribution in [-0.4, -0.2) is 20.7 Å². The van der Waals surface area contributed by atoms with Gasteiger partial charge in [-0.05, 0) is 44.7 Å². The van der Waals surface area contributed by atoms with Crippen molar-refractivity contribution in [3.8, 4) is 6.07 Å². The number of carbonyl (C=O) groups is 1. The van der Waals surface area contributed by atoms with Crippen molar-refractivity contribution in [1.29, 1.82) is 5.26 Å². The maximum absolute atomic E-state index is 12.3. The number of nitrogens with one attached hydrogen (secondary N) is 1. The molecule has 1 amide bonds. The van der Waals surface area contributed by atoms with E-state index in [1.54, 1.807) is 6.07 Å². The zero-order valence-electron chi connectivity index (χ0n) is 12.6. The molecule has 6 nitrogen and oxygen atoms in total. The van der Waals surface area contributed by atoms with Crippen molar-refractivity contribution in [2.45, 2.75) is 32.7 Å². The summed E-state index contributed by atoms with van der Waals surface area (Å²) in [6, 6.07) is 7.21. The summed E-state index contributed by atoms with van der Waals surface area (Å²) in [7, 11) is 0. The number of nitrogens with zero attached hydrogens (tertiary/aromatic N) is 4. The monoisotopic (exact) mass is 295 g/mol. The van der Waals surface area contributed by atoms with Crippen LogP contribution in [0.25, 0.3) is 0 Å². The largest absolute Gasteiger partial charge is 0.307 e. The predicted octanol–water partition coefficient (Wildman–Crippen LogP) is 2.68. The van der Waals surface area contributed by atoms with Gasteiger partial charge in [0.25, 0.3) is 5.91 Å². The molecule has 2 heterocycles. The normalized spacial score (nSPS) is 15.1. The van der Waals surface area contributed by atoms with Gasteiger partial charge in [0.2, 0.25) is 0 Å². The Morgan fingerprint density at radius 2 is 2.27 bits per heavy atom. The highest BCUT2D eigenvalue weighted by Crippen LogP contribution is 2.40. The summed E-state index contributed by atoms with van der Waals surface area (Å²) in [5, 5.41) is 16.1. The molecule has 3 rings (SSSR count). The van der Waals surface area contributed by atoms with E-state index in [1.165, 1.54) is 25.1 Å². The van der Waals surface area contributed by atoms with E-state index in [0.717, 1.165) is 5.69 Å². The quantitative estimate of drug-likeness (QED) is 0.940. The summed E-state index contributed by atoms with van der Waals surface area (Å²) in [5.74, 6) is 1.10. The third-order valence-electron chi connectivity index (χ3n) is 3.93. The number of anilines is 1. The highest BCUT2D eigenvalue weighted by molar-refractivity contribution is 6.03. The van der Waals surface area contributed by atoms with Gasteiger partial charge in [0, 0.05) is 12.3 Å². The Morgan fingerprint density at radius 1 is 1.50 bits per heavy atom. The number of carbonyl (C=O) groups excluding carboxylic acids is 1. The average Bonchev–Trinajstić information content (AvgIpc) is 3.31. The van der Waals surface area contributed by atoms with Crippen molar-refractivity contribution in [2.75, 3.05) is 5.32 Å². The lowest BCUT2D eigenvalue weighted by Gasteiger charge is -2.15. The number of amides is 1. The molecule has 6 heteroatoms. The molecule has 22 heavy (non-hydrogen) atoms. The Morgan fingerprint density at radius 3 is 2.86 bits per heavy atom. The molecule has 0 bridgehead atoms. The molecule has 1 N–H and O–H groups in total. The van der Waals surface area contributed by atoms with Crippen molar-refractivity contribution in [3.63, 3.8) is 0 Å². The Balaban J connectivity index is 1.80. The zero-order valence-corrected chi connectivity index (χ0v) is 12.6. The lowest BCUT2D eigenvalue weighted by molar-refractivity contribution is 0.102. The van der Waals surface area contributed by atoms with Gasteiger partial charge < -0.3 is 5.32 Å². The van der Waals surface area contributed by atoms with E-state index >= 15 is 0 Å². The second kappa shape index (κ2) is 5.60. The molecule has 0 saturated heterocycles. The van der Waals surface area contributed by atoms with E-state index in [0.29, 0.717) is 23.0 Å². The molecule has 0 radical (unpaired) electrons. The van der Waals surface area contributed by atoms with Crippen LogP contribution in [0.15, 0.2) is 24.4 Å². The first-order chi connectivity index (χ1) is 10.6. The smallest absolute Gasteiger partial charge is 0.258 e. The second-order valence-corrected chi connectivity index (χ2v) is 5.69. The molecule has 0 aliphatic heterocycles. The van der Waals surface area contributed by atoms with Crippen molar-refractivity contribution in [1.82, 2.24) is 14.8 Å². The van der Waals surface area contributed by atoms with Gasteiger partial charge in [-0.1, -0.05) is 0 Å². The standard InChI is InChI=1S/C16H17N5O/c1-10-7-15(21(20-10)11(2)12-3-4-12)19-16(22)13-5-6-14(8-17)18-9-13/h5-7,9,11-12H,3-4H2,1-2H3,(H,19,22). The maximum atomic E-state index is 12.3. The van der Waals surface area contributed by atoms with Gasteiger partial charge in [0.05, 0.1) is 17.3 Å². The number of rotatable bonds is 4. The van der Waals surface area contributed by atoms with E-state index in [2.05, 4.69) is 22.3 Å². The van der Waals surface area contributed by atoms with E-state index < -0.39 is 0 Å². The number of hydrogen-bond donors (Lipinski definition) is 1. The molecule has 1 atom stereocenters. The third kappa shape index (κ3) is 2.84. The Kier molecular flexibility index (Phi) is 3.63. The van der Waals surface area contributed by atoms with Crippen LogP contribution in [0, 0.1) is 24.2 Å². The predicted molar refractivity (Wildman–Crippen MR) is 81.3 cm³/mol. The molecule has 1 aliphatic carbocycles. The molecule has 2 aromatic rings. The summed E-state index contributed by atoms with van der Waals surface area (Å²) in [6.07, 6.45) is 3.84. The molecule has 2 aromatic heterocycles. The summed E-state index contributed by atoms with van der Waals surface area (Å²) >= 11 is 0. The highest BCUT2D eigenvalue weighted by Gasteiger charge is 2.31. The Bertz CT molecular complexity index is 737. The molecule has 0 spiro atoms. The van der Waals surface area contributed by atoms with E-state index in [1.807, 2.05) is 23.7 Å². The SMILES string of the molecule is Cc1cc(NC(=O)c2ccc(C#N)nc2)n(C(C)C2CC2)n1. The van der Waals surface area contributed by atoms with Crippen LogP contribution in [0.5, 0.6) is 0 Å². The fraction of sp³-hybridized carbons (Fsp3) is 0.375. The summed E-state index contributed by atoms with van der Waals surface area (Å²) in [6.45, 7) is 4.04. The van der Waals surface area contributed by atoms with Gasteiger partial charge in [0.15, 0.2) is 0 Å². The van der Waals surface area contributed by atoms with Gasteiger partial charge in [-0.3, -0.25) is 4.79 Å². The van der Waals surface area contributed by atoms with E-state index in [9.17, 15) is 4.79 Å². The number of hydrogen-bond acceptors (Lipinski definition) is 4. The second-order valence-electron chi connectivity index (χ2n) is 5.69. The van der Waals surface area contributed by atoms with Crippen LogP contribution in [0.3, 0.4) is 0 Å². The number of aryl methyl sites for hydroxylation is 1. The first-order valence-electron chi connectivity index (χ1n) is 7.32. The highest BCUT2D eigenvalue weighted by atomic mass is 16.1. The van der Waals surface area contributed by atoms with Gasteiger partial charge >= 0.3 is 0 Å². The van der Waals surface area contributed by atoms with Crippen molar-refractivity contribution in [2.24, 2.45) is 5.92 Å². The lowest BCUT2D eigenvalue weighted by atomic mass is 10.2. The minimum Gasteiger partial charge on any atom is -0.307 e. The van der Waals surface area contributed by atoms with E-state index in [-0.39, 0.29) is 11.9 Å². The number of pyridine rings is 1. The van der Waals surface area contributed by atoms with Gasteiger partial charge in [-0.2, -0.15) is 10.4 Å². The van der Waals surface area contributed by atoms with Crippen molar-refractivity contribution >= 4 is 11.7 Å². The van der Waals surface area contributed by atoms with E-state index in [4.69, 9.17) is 5.26 Å². The molecule has 0 aromatic carbocycles. The maximum Gasteiger partial charge on any atom is 0.258 e. The van der Waals surface area contributed by atoms with Gasteiger partial charge in [0.1, 0.15) is 17.6 Å². The summed E-state index contributed by atoms with van der Waals surface area (Å²) < 4.78 is 1.89. The van der Waals surface area contributed by atoms with Crippen LogP contribution in [0.2, 0.25) is 0 Å². The number of nitriles is 1. The summed E-state index contributed by atoms with van der Waals surface area (Å²) in [4.78, 5) is 16.2. The third-order valence-corrected chi connectivity index (χ3v) is 3.93. The Hall–Kier alpha value is -2.68. The lowest BCUT2D eigenvalue weighted by Crippen LogP contribution is -2.18. The molecular weight excluding hydrogens is 278 g/mol. The summed E-state index contributed by atoms with van der Waals surface area (Å²) in [5.41, 5.74) is 1.59. The van der Waals surface area contributed by atoms with Crippen LogP contribution < -0.4 is 5.32 Å². The molecule has 1 unspecified atom stereocenters. The molecule has 1 saturated carbocycles. The van der Waals surface area contributed by atoms with Crippen molar-refractivity contribution in [3.05, 3.63) is 41.3 Å². The van der Waals surface area contributed by atoms with Crippen LogP contribution in [0.1, 0.15) is 47.6 Å². The minimum absolute atomic E-state index is 0.249. The number of aromatic nitrogens is 3. The molecule has 1 aliphatic rings. The van der Waals surface area contributed by atoms with Crippen molar-refractivity contribution < 1.29 is 4.79 Å². The fourth-order valence-electron chi connectivity index (χ4n) is 2.48. The molecule has 112 valence electrons. The minimum atomic E-state index is -0.249. The van der Waals surface area contributed by atoms with Gasteiger partial charge in [-0.15, -0.1) is 0 Å². The van der Waals surface area contributed by atoms with Gasteiger partial charge in [-0.25, -0.2) is 9.67 Å².